The van der Waals surface area contributed by atoms with Crippen molar-refractivity contribution in [3.05, 3.63) is 89.6 Å². The zero-order chi connectivity index (χ0) is 22.2. The van der Waals surface area contributed by atoms with E-state index in [2.05, 4.69) is 30.5 Å². The molecule has 31 heavy (non-hydrogen) atoms. The molecule has 0 aliphatic heterocycles. The fourth-order valence-corrected chi connectivity index (χ4v) is 4.73. The molecule has 0 unspecified atom stereocenters. The standard InChI is InChI=1S/C25H23ClN2O2S/c1-25(2,3)18-8-11-20(12-9-18)31(29,30)28-23-13-10-19(26)16-22(23)24-21-7-5-4-6-17(21)14-15-27-24/h4-16,28H,1-3H3. The van der Waals surface area contributed by atoms with E-state index in [4.69, 9.17) is 11.6 Å². The number of nitrogens with one attached hydrogen (secondary N) is 1. The zero-order valence-electron chi connectivity index (χ0n) is 17.6. The molecule has 0 atom stereocenters. The van der Waals surface area contributed by atoms with Gasteiger partial charge in [-0.3, -0.25) is 9.71 Å². The number of hydrogen-bond donors (Lipinski definition) is 1. The van der Waals surface area contributed by atoms with Crippen LogP contribution in [0.3, 0.4) is 0 Å². The first-order chi connectivity index (χ1) is 14.6. The number of pyridine rings is 1. The largest absolute Gasteiger partial charge is 0.279 e. The van der Waals surface area contributed by atoms with E-state index < -0.39 is 10.0 Å². The van der Waals surface area contributed by atoms with Crippen LogP contribution in [0.15, 0.2) is 83.9 Å². The van der Waals surface area contributed by atoms with Crippen molar-refractivity contribution in [2.45, 2.75) is 31.1 Å². The summed E-state index contributed by atoms with van der Waals surface area (Å²) in [6.45, 7) is 6.27. The lowest BCUT2D eigenvalue weighted by Gasteiger charge is -2.19. The molecule has 4 nitrogen and oxygen atoms in total. The molecule has 158 valence electrons. The third-order valence-corrected chi connectivity index (χ3v) is 6.80. The van der Waals surface area contributed by atoms with E-state index in [1.807, 2.05) is 42.5 Å². The van der Waals surface area contributed by atoms with Crippen LogP contribution in [-0.2, 0) is 15.4 Å². The highest BCUT2D eigenvalue weighted by atomic mass is 35.5. The first-order valence-corrected chi connectivity index (χ1v) is 11.8. The molecule has 1 N–H and O–H groups in total. The minimum absolute atomic E-state index is 0.0564. The van der Waals surface area contributed by atoms with Crippen LogP contribution >= 0.6 is 11.6 Å². The first kappa shape index (κ1) is 21.3. The smallest absolute Gasteiger partial charge is 0.261 e. The Morgan fingerprint density at radius 3 is 2.32 bits per heavy atom. The average molecular weight is 451 g/mol. The molecule has 1 aromatic heterocycles. The maximum absolute atomic E-state index is 13.1. The number of nitrogens with zero attached hydrogens (tertiary/aromatic N) is 1. The second-order valence-corrected chi connectivity index (χ2v) is 10.6. The van der Waals surface area contributed by atoms with Crippen molar-refractivity contribution in [3.63, 3.8) is 0 Å². The van der Waals surface area contributed by atoms with E-state index in [1.54, 1.807) is 36.5 Å². The number of sulfonamides is 1. The molecular formula is C25H23ClN2O2S. The maximum atomic E-state index is 13.1. The van der Waals surface area contributed by atoms with E-state index in [0.717, 1.165) is 16.3 Å². The summed E-state index contributed by atoms with van der Waals surface area (Å²) in [5.41, 5.74) is 2.73. The highest BCUT2D eigenvalue weighted by Gasteiger charge is 2.20. The van der Waals surface area contributed by atoms with Gasteiger partial charge < -0.3 is 0 Å². The SMILES string of the molecule is CC(C)(C)c1ccc(S(=O)(=O)Nc2ccc(Cl)cc2-c2nccc3ccccc23)cc1. The number of hydrogen-bond acceptors (Lipinski definition) is 3. The average Bonchev–Trinajstić information content (AvgIpc) is 2.74. The number of rotatable bonds is 4. The molecule has 0 radical (unpaired) electrons. The third kappa shape index (κ3) is 4.43. The van der Waals surface area contributed by atoms with Crippen LogP contribution in [0.5, 0.6) is 0 Å². The van der Waals surface area contributed by atoms with Gasteiger partial charge in [-0.1, -0.05) is 68.8 Å². The number of fused-ring (bicyclic) bond motifs is 1. The van der Waals surface area contributed by atoms with Gasteiger partial charge in [0.25, 0.3) is 10.0 Å². The summed E-state index contributed by atoms with van der Waals surface area (Å²) in [6, 6.07) is 21.8. The van der Waals surface area contributed by atoms with Gasteiger partial charge in [0.05, 0.1) is 16.3 Å². The summed E-state index contributed by atoms with van der Waals surface area (Å²) >= 11 is 6.26. The lowest BCUT2D eigenvalue weighted by Crippen LogP contribution is -2.15. The molecule has 3 aromatic carbocycles. The fraction of sp³-hybridized carbons (Fsp3) is 0.160. The lowest BCUT2D eigenvalue weighted by atomic mass is 9.87. The van der Waals surface area contributed by atoms with Gasteiger partial charge in [-0.25, -0.2) is 8.42 Å². The Kier molecular flexibility index (Phi) is 5.50. The molecular weight excluding hydrogens is 428 g/mol. The third-order valence-electron chi connectivity index (χ3n) is 5.19. The van der Waals surface area contributed by atoms with Gasteiger partial charge in [0.15, 0.2) is 0 Å². The van der Waals surface area contributed by atoms with Crippen LogP contribution in [0, 0.1) is 0 Å². The molecule has 4 aromatic rings. The van der Waals surface area contributed by atoms with Crippen LogP contribution in [0.1, 0.15) is 26.3 Å². The fourth-order valence-electron chi connectivity index (χ4n) is 3.47. The molecule has 0 spiro atoms. The van der Waals surface area contributed by atoms with Crippen molar-refractivity contribution >= 4 is 38.1 Å². The highest BCUT2D eigenvalue weighted by Crippen LogP contribution is 2.35. The van der Waals surface area contributed by atoms with E-state index in [9.17, 15) is 8.42 Å². The Labute approximate surface area is 188 Å². The molecule has 0 bridgehead atoms. The number of anilines is 1. The summed E-state index contributed by atoms with van der Waals surface area (Å²) in [5.74, 6) is 0. The van der Waals surface area contributed by atoms with Gasteiger partial charge in [0.1, 0.15) is 0 Å². The van der Waals surface area contributed by atoms with E-state index in [0.29, 0.717) is 22.0 Å². The van der Waals surface area contributed by atoms with Gasteiger partial charge in [0, 0.05) is 22.2 Å². The van der Waals surface area contributed by atoms with Crippen LogP contribution in [0.25, 0.3) is 22.0 Å². The predicted molar refractivity (Wildman–Crippen MR) is 128 cm³/mol. The van der Waals surface area contributed by atoms with E-state index in [1.165, 1.54) is 0 Å². The van der Waals surface area contributed by atoms with Crippen molar-refractivity contribution < 1.29 is 8.42 Å². The Balaban J connectivity index is 1.78. The van der Waals surface area contributed by atoms with Crippen LogP contribution < -0.4 is 4.72 Å². The Hall–Kier alpha value is -2.89. The summed E-state index contributed by atoms with van der Waals surface area (Å²) in [6.07, 6.45) is 1.71. The van der Waals surface area contributed by atoms with Crippen molar-refractivity contribution in [2.24, 2.45) is 0 Å². The Bertz CT molecular complexity index is 1350. The molecule has 0 fully saturated rings. The lowest BCUT2D eigenvalue weighted by molar-refractivity contribution is 0.587. The topological polar surface area (TPSA) is 59.1 Å². The monoisotopic (exact) mass is 450 g/mol. The van der Waals surface area contributed by atoms with Crippen LogP contribution in [0.4, 0.5) is 5.69 Å². The second kappa shape index (κ2) is 7.98. The van der Waals surface area contributed by atoms with Crippen LogP contribution in [-0.4, -0.2) is 13.4 Å². The molecule has 0 saturated heterocycles. The minimum Gasteiger partial charge on any atom is -0.279 e. The van der Waals surface area contributed by atoms with Gasteiger partial charge >= 0.3 is 0 Å². The normalized spacial score (nSPS) is 12.1. The zero-order valence-corrected chi connectivity index (χ0v) is 19.1. The summed E-state index contributed by atoms with van der Waals surface area (Å²) in [5, 5.41) is 2.43. The molecule has 0 amide bonds. The summed E-state index contributed by atoms with van der Waals surface area (Å²) in [4.78, 5) is 4.73. The summed E-state index contributed by atoms with van der Waals surface area (Å²) < 4.78 is 29.0. The summed E-state index contributed by atoms with van der Waals surface area (Å²) in [7, 11) is -3.79. The second-order valence-electron chi connectivity index (χ2n) is 8.45. The quantitative estimate of drug-likeness (QED) is 0.378. The van der Waals surface area contributed by atoms with Gasteiger partial charge in [-0.05, 0) is 52.8 Å². The van der Waals surface area contributed by atoms with Crippen molar-refractivity contribution in [1.82, 2.24) is 4.98 Å². The number of benzene rings is 3. The maximum Gasteiger partial charge on any atom is 0.261 e. The molecule has 1 heterocycles. The van der Waals surface area contributed by atoms with Gasteiger partial charge in [0.2, 0.25) is 0 Å². The first-order valence-electron chi connectivity index (χ1n) is 9.92. The molecule has 6 heteroatoms. The number of halogens is 1. The highest BCUT2D eigenvalue weighted by molar-refractivity contribution is 7.92. The number of aromatic nitrogens is 1. The van der Waals surface area contributed by atoms with Crippen molar-refractivity contribution in [3.8, 4) is 11.3 Å². The van der Waals surface area contributed by atoms with Gasteiger partial charge in [-0.15, -0.1) is 0 Å². The predicted octanol–water partition coefficient (Wildman–Crippen LogP) is 6.65. The van der Waals surface area contributed by atoms with Crippen LogP contribution in [0.2, 0.25) is 5.02 Å². The minimum atomic E-state index is -3.79. The van der Waals surface area contributed by atoms with Gasteiger partial charge in [-0.2, -0.15) is 0 Å². The van der Waals surface area contributed by atoms with Crippen molar-refractivity contribution in [2.75, 3.05) is 4.72 Å². The van der Waals surface area contributed by atoms with Crippen molar-refractivity contribution in [1.29, 1.82) is 0 Å². The molecule has 0 aliphatic rings. The van der Waals surface area contributed by atoms with E-state index >= 15 is 0 Å². The molecule has 0 saturated carbocycles. The molecule has 4 rings (SSSR count). The van der Waals surface area contributed by atoms with E-state index in [-0.39, 0.29) is 10.3 Å². The molecule has 0 aliphatic carbocycles. The Morgan fingerprint density at radius 2 is 1.61 bits per heavy atom. The Morgan fingerprint density at radius 1 is 0.903 bits per heavy atom.